The van der Waals surface area contributed by atoms with Gasteiger partial charge in [-0.1, -0.05) is 12.1 Å². The topological polar surface area (TPSA) is 68.9 Å². The average molecular weight is 315 g/mol. The summed E-state index contributed by atoms with van der Waals surface area (Å²) in [5.41, 5.74) is 3.57. The number of nitrogens with zero attached hydrogens (tertiary/aromatic N) is 3. The molecule has 0 N–H and O–H groups in total. The normalized spacial score (nSPS) is 10.8. The molecule has 0 unspecified atom stereocenters. The highest BCUT2D eigenvalue weighted by Gasteiger charge is 2.12. The maximum absolute atomic E-state index is 12.3. The van der Waals surface area contributed by atoms with Gasteiger partial charge in [0.15, 0.2) is 11.4 Å². The minimum Gasteiger partial charge on any atom is -0.436 e. The van der Waals surface area contributed by atoms with E-state index in [0.717, 1.165) is 16.6 Å². The molecule has 3 heterocycles. The first-order chi connectivity index (χ1) is 11.8. The van der Waals surface area contributed by atoms with E-state index >= 15 is 0 Å². The largest absolute Gasteiger partial charge is 0.436 e. The fraction of sp³-hybridized carbons (Fsp3) is 0.0526. The number of fused-ring (bicyclic) bond motifs is 1. The van der Waals surface area contributed by atoms with E-state index in [4.69, 9.17) is 4.42 Å². The first kappa shape index (κ1) is 14.3. The highest BCUT2D eigenvalue weighted by atomic mass is 16.3. The summed E-state index contributed by atoms with van der Waals surface area (Å²) in [6.45, 7) is 0. The molecule has 0 aliphatic rings. The zero-order valence-corrected chi connectivity index (χ0v) is 12.7. The number of carbonyl (C=O) groups excluding carboxylic acids is 1. The Labute approximate surface area is 138 Å². The van der Waals surface area contributed by atoms with E-state index in [0.29, 0.717) is 17.2 Å². The molecule has 4 rings (SSSR count). The summed E-state index contributed by atoms with van der Waals surface area (Å²) >= 11 is 0. The molecule has 0 aliphatic heterocycles. The monoisotopic (exact) mass is 315 g/mol. The van der Waals surface area contributed by atoms with E-state index in [1.807, 2.05) is 30.3 Å². The van der Waals surface area contributed by atoms with E-state index in [1.165, 1.54) is 0 Å². The molecular weight excluding hydrogens is 302 g/mol. The van der Waals surface area contributed by atoms with Crippen molar-refractivity contribution in [3.63, 3.8) is 0 Å². The smallest absolute Gasteiger partial charge is 0.228 e. The second-order valence-electron chi connectivity index (χ2n) is 5.38. The molecule has 0 spiro atoms. The number of pyridine rings is 2. The van der Waals surface area contributed by atoms with Gasteiger partial charge in [-0.3, -0.25) is 14.8 Å². The lowest BCUT2D eigenvalue weighted by Gasteiger charge is -2.00. The second kappa shape index (κ2) is 6.04. The molecule has 0 bridgehead atoms. The first-order valence-corrected chi connectivity index (χ1v) is 7.54. The van der Waals surface area contributed by atoms with Gasteiger partial charge >= 0.3 is 0 Å². The minimum absolute atomic E-state index is 0.0223. The lowest BCUT2D eigenvalue weighted by Crippen LogP contribution is -2.05. The SMILES string of the molecule is O=C(Cc1ccc2oc(-c3cccnc3)nc2c1)c1ccccn1. The zero-order chi connectivity index (χ0) is 16.4. The van der Waals surface area contributed by atoms with Crippen LogP contribution in [-0.4, -0.2) is 20.7 Å². The summed E-state index contributed by atoms with van der Waals surface area (Å²) in [6.07, 6.45) is 5.31. The molecule has 0 radical (unpaired) electrons. The number of carbonyl (C=O) groups is 1. The fourth-order valence-electron chi connectivity index (χ4n) is 2.50. The lowest BCUT2D eigenvalue weighted by molar-refractivity contribution is 0.0988. The van der Waals surface area contributed by atoms with Gasteiger partial charge < -0.3 is 4.42 Å². The molecule has 116 valence electrons. The molecule has 0 atom stereocenters. The lowest BCUT2D eigenvalue weighted by atomic mass is 10.1. The van der Waals surface area contributed by atoms with E-state index in [2.05, 4.69) is 15.0 Å². The van der Waals surface area contributed by atoms with Crippen LogP contribution < -0.4 is 0 Å². The molecule has 4 aromatic rings. The van der Waals surface area contributed by atoms with Crippen molar-refractivity contribution >= 4 is 16.9 Å². The van der Waals surface area contributed by atoms with Crippen LogP contribution in [0.1, 0.15) is 16.1 Å². The molecular formula is C19H13N3O2. The minimum atomic E-state index is -0.0223. The van der Waals surface area contributed by atoms with Crippen LogP contribution in [0.15, 0.2) is 71.5 Å². The standard InChI is InChI=1S/C19H13N3O2/c23-17(15-5-1-2-9-21-15)11-13-6-7-18-16(10-13)22-19(24-18)14-4-3-8-20-12-14/h1-10,12H,11H2. The number of hydrogen-bond donors (Lipinski definition) is 0. The molecule has 1 aromatic carbocycles. The maximum Gasteiger partial charge on any atom is 0.228 e. The van der Waals surface area contributed by atoms with Crippen LogP contribution in [-0.2, 0) is 6.42 Å². The summed E-state index contributed by atoms with van der Waals surface area (Å²) in [7, 11) is 0. The molecule has 0 saturated heterocycles. The number of rotatable bonds is 4. The summed E-state index contributed by atoms with van der Waals surface area (Å²) in [6, 6.07) is 14.6. The number of oxazole rings is 1. The van der Waals surface area contributed by atoms with Crippen molar-refractivity contribution in [3.05, 3.63) is 78.4 Å². The second-order valence-corrected chi connectivity index (χ2v) is 5.38. The van der Waals surface area contributed by atoms with Gasteiger partial charge in [0, 0.05) is 25.0 Å². The molecule has 5 heteroatoms. The van der Waals surface area contributed by atoms with Crippen molar-refractivity contribution in [1.29, 1.82) is 0 Å². The van der Waals surface area contributed by atoms with Gasteiger partial charge in [0.2, 0.25) is 5.89 Å². The molecule has 0 saturated carbocycles. The predicted molar refractivity (Wildman–Crippen MR) is 89.5 cm³/mol. The van der Waals surface area contributed by atoms with Crippen molar-refractivity contribution in [2.24, 2.45) is 0 Å². The molecule has 0 fully saturated rings. The Morgan fingerprint density at radius 1 is 1.04 bits per heavy atom. The Morgan fingerprint density at radius 2 is 2.00 bits per heavy atom. The Kier molecular flexibility index (Phi) is 3.59. The third-order valence-corrected chi connectivity index (χ3v) is 3.68. The Hall–Kier alpha value is -3.34. The van der Waals surface area contributed by atoms with E-state index in [9.17, 15) is 4.79 Å². The summed E-state index contributed by atoms with van der Waals surface area (Å²) in [5.74, 6) is 0.497. The fourth-order valence-corrected chi connectivity index (χ4v) is 2.50. The van der Waals surface area contributed by atoms with Crippen LogP contribution in [0.2, 0.25) is 0 Å². The van der Waals surface area contributed by atoms with Gasteiger partial charge in [0.1, 0.15) is 11.2 Å². The van der Waals surface area contributed by atoms with Gasteiger partial charge in [-0.15, -0.1) is 0 Å². The summed E-state index contributed by atoms with van der Waals surface area (Å²) < 4.78 is 5.75. The molecule has 0 aliphatic carbocycles. The zero-order valence-electron chi connectivity index (χ0n) is 12.7. The number of hydrogen-bond acceptors (Lipinski definition) is 5. The van der Waals surface area contributed by atoms with Crippen molar-refractivity contribution in [2.75, 3.05) is 0 Å². The Morgan fingerprint density at radius 3 is 2.79 bits per heavy atom. The van der Waals surface area contributed by atoms with E-state index in [-0.39, 0.29) is 12.2 Å². The van der Waals surface area contributed by atoms with Crippen LogP contribution in [0.5, 0.6) is 0 Å². The summed E-state index contributed by atoms with van der Waals surface area (Å²) in [5, 5.41) is 0. The van der Waals surface area contributed by atoms with Gasteiger partial charge in [-0.25, -0.2) is 4.98 Å². The van der Waals surface area contributed by atoms with Crippen molar-refractivity contribution < 1.29 is 9.21 Å². The number of benzene rings is 1. The molecule has 0 amide bonds. The number of aromatic nitrogens is 3. The average Bonchev–Trinajstić information content (AvgIpc) is 3.06. The Bertz CT molecular complexity index is 995. The van der Waals surface area contributed by atoms with Gasteiger partial charge in [0.05, 0.1) is 5.56 Å². The third-order valence-electron chi connectivity index (χ3n) is 3.68. The van der Waals surface area contributed by atoms with Crippen molar-refractivity contribution in [3.8, 4) is 11.5 Å². The van der Waals surface area contributed by atoms with E-state index in [1.54, 1.807) is 36.8 Å². The summed E-state index contributed by atoms with van der Waals surface area (Å²) in [4.78, 5) is 24.9. The number of Topliss-reactive ketones (excluding diaryl/α,β-unsaturated/α-hetero) is 1. The van der Waals surface area contributed by atoms with Crippen molar-refractivity contribution in [2.45, 2.75) is 6.42 Å². The van der Waals surface area contributed by atoms with Crippen LogP contribution in [0.3, 0.4) is 0 Å². The van der Waals surface area contributed by atoms with Crippen molar-refractivity contribution in [1.82, 2.24) is 15.0 Å². The molecule has 5 nitrogen and oxygen atoms in total. The van der Waals surface area contributed by atoms with Gasteiger partial charge in [-0.05, 0) is 42.0 Å². The third kappa shape index (κ3) is 2.79. The van der Waals surface area contributed by atoms with Crippen LogP contribution >= 0.6 is 0 Å². The van der Waals surface area contributed by atoms with Crippen LogP contribution in [0, 0.1) is 0 Å². The van der Waals surface area contributed by atoms with Gasteiger partial charge in [-0.2, -0.15) is 0 Å². The van der Waals surface area contributed by atoms with Crippen LogP contribution in [0.4, 0.5) is 0 Å². The maximum atomic E-state index is 12.3. The van der Waals surface area contributed by atoms with Crippen LogP contribution in [0.25, 0.3) is 22.6 Å². The van der Waals surface area contributed by atoms with Gasteiger partial charge in [0.25, 0.3) is 0 Å². The molecule has 3 aromatic heterocycles. The number of ketones is 1. The first-order valence-electron chi connectivity index (χ1n) is 7.54. The predicted octanol–water partition coefficient (Wildman–Crippen LogP) is 3.71. The Balaban J connectivity index is 1.63. The highest BCUT2D eigenvalue weighted by molar-refractivity contribution is 5.96. The van der Waals surface area contributed by atoms with E-state index < -0.39 is 0 Å². The quantitative estimate of drug-likeness (QED) is 0.537. The molecule has 24 heavy (non-hydrogen) atoms. The highest BCUT2D eigenvalue weighted by Crippen LogP contribution is 2.24.